The molecule has 1 fully saturated rings. The van der Waals surface area contributed by atoms with Crippen molar-refractivity contribution in [2.45, 2.75) is 64.6 Å². The van der Waals surface area contributed by atoms with Crippen LogP contribution >= 0.6 is 0 Å². The zero-order valence-electron chi connectivity index (χ0n) is 11.9. The molecule has 0 radical (unpaired) electrons. The first-order valence-corrected chi connectivity index (χ1v) is 7.33. The van der Waals surface area contributed by atoms with Crippen molar-refractivity contribution in [1.82, 2.24) is 10.2 Å². The first-order chi connectivity index (χ1) is 9.20. The molecule has 0 saturated carbocycles. The van der Waals surface area contributed by atoms with Gasteiger partial charge in [0.25, 0.3) is 0 Å². The minimum atomic E-state index is -0.425. The van der Waals surface area contributed by atoms with Crippen molar-refractivity contribution in [3.63, 3.8) is 0 Å². The van der Waals surface area contributed by atoms with E-state index in [-0.39, 0.29) is 0 Å². The Hall–Kier alpha value is -1.00. The Morgan fingerprint density at radius 1 is 1.47 bits per heavy atom. The molecule has 0 amide bonds. The van der Waals surface area contributed by atoms with Crippen molar-refractivity contribution in [1.29, 1.82) is 0 Å². The van der Waals surface area contributed by atoms with E-state index in [1.54, 1.807) is 0 Å². The van der Waals surface area contributed by atoms with E-state index in [9.17, 15) is 5.11 Å². The number of aliphatic hydroxyl groups excluding tert-OH is 1. The van der Waals surface area contributed by atoms with E-state index in [1.807, 2.05) is 19.9 Å². The van der Waals surface area contributed by atoms with Crippen LogP contribution in [0, 0.1) is 6.92 Å². The van der Waals surface area contributed by atoms with Gasteiger partial charge in [0, 0.05) is 12.2 Å². The van der Waals surface area contributed by atoms with Gasteiger partial charge < -0.3 is 9.84 Å². The lowest BCUT2D eigenvalue weighted by Crippen LogP contribution is -2.09. The molecule has 2 unspecified atom stereocenters. The van der Waals surface area contributed by atoms with E-state index in [0.29, 0.717) is 6.10 Å². The Morgan fingerprint density at radius 2 is 2.32 bits per heavy atom. The second kappa shape index (κ2) is 6.96. The number of aryl methyl sites for hydroxylation is 2. The summed E-state index contributed by atoms with van der Waals surface area (Å²) in [5, 5.41) is 18.5. The summed E-state index contributed by atoms with van der Waals surface area (Å²) in [5.74, 6) is 0. The molecule has 1 aliphatic rings. The summed E-state index contributed by atoms with van der Waals surface area (Å²) in [6, 6.07) is 1.96. The predicted molar refractivity (Wildman–Crippen MR) is 73.9 cm³/mol. The van der Waals surface area contributed by atoms with E-state index in [0.717, 1.165) is 49.2 Å². The van der Waals surface area contributed by atoms with Crippen molar-refractivity contribution >= 4 is 0 Å². The highest BCUT2D eigenvalue weighted by molar-refractivity contribution is 5.23. The predicted octanol–water partition coefficient (Wildman–Crippen LogP) is 2.73. The van der Waals surface area contributed by atoms with Gasteiger partial charge in [-0.2, -0.15) is 10.2 Å². The van der Waals surface area contributed by atoms with Crippen LogP contribution in [0.2, 0.25) is 0 Å². The maximum absolute atomic E-state index is 10.3. The highest BCUT2D eigenvalue weighted by atomic mass is 16.5. The Morgan fingerprint density at radius 3 is 3.00 bits per heavy atom. The zero-order valence-corrected chi connectivity index (χ0v) is 11.9. The fourth-order valence-electron chi connectivity index (χ4n) is 2.66. The number of hydrogen-bond acceptors (Lipinski definition) is 4. The van der Waals surface area contributed by atoms with Crippen molar-refractivity contribution in [3.05, 3.63) is 23.0 Å². The normalized spacial score (nSPS) is 20.7. The largest absolute Gasteiger partial charge is 0.388 e. The molecule has 1 aliphatic heterocycles. The quantitative estimate of drug-likeness (QED) is 0.858. The van der Waals surface area contributed by atoms with Gasteiger partial charge in [-0.3, -0.25) is 0 Å². The van der Waals surface area contributed by atoms with Crippen LogP contribution in [0.5, 0.6) is 0 Å². The van der Waals surface area contributed by atoms with Gasteiger partial charge in [-0.25, -0.2) is 0 Å². The average molecular weight is 264 g/mol. The summed E-state index contributed by atoms with van der Waals surface area (Å²) < 4.78 is 5.60. The molecular formula is C15H24N2O2. The van der Waals surface area contributed by atoms with Crippen molar-refractivity contribution < 1.29 is 9.84 Å². The van der Waals surface area contributed by atoms with Crippen LogP contribution in [0.3, 0.4) is 0 Å². The molecule has 19 heavy (non-hydrogen) atoms. The minimum Gasteiger partial charge on any atom is -0.388 e. The lowest BCUT2D eigenvalue weighted by Gasteiger charge is -2.15. The molecule has 0 bridgehead atoms. The number of hydrogen-bond donors (Lipinski definition) is 1. The molecule has 106 valence electrons. The topological polar surface area (TPSA) is 55.2 Å². The molecule has 2 rings (SSSR count). The molecule has 1 N–H and O–H groups in total. The first kappa shape index (κ1) is 14.4. The van der Waals surface area contributed by atoms with E-state index in [2.05, 4.69) is 10.2 Å². The van der Waals surface area contributed by atoms with Crippen LogP contribution in [-0.2, 0) is 11.2 Å². The Kier molecular flexibility index (Phi) is 5.28. The van der Waals surface area contributed by atoms with Crippen LogP contribution in [0.25, 0.3) is 0 Å². The van der Waals surface area contributed by atoms with Gasteiger partial charge in [0.1, 0.15) is 0 Å². The number of aliphatic hydroxyl groups is 1. The third kappa shape index (κ3) is 3.98. The second-order valence-corrected chi connectivity index (χ2v) is 5.32. The van der Waals surface area contributed by atoms with Gasteiger partial charge in [-0.05, 0) is 51.5 Å². The highest BCUT2D eigenvalue weighted by Crippen LogP contribution is 2.25. The van der Waals surface area contributed by atoms with Gasteiger partial charge in [0.2, 0.25) is 0 Å². The maximum Gasteiger partial charge on any atom is 0.0809 e. The Labute approximate surface area is 115 Å². The molecule has 1 saturated heterocycles. The van der Waals surface area contributed by atoms with E-state index in [4.69, 9.17) is 4.74 Å². The van der Waals surface area contributed by atoms with Crippen LogP contribution in [0.4, 0.5) is 0 Å². The van der Waals surface area contributed by atoms with Gasteiger partial charge >= 0.3 is 0 Å². The maximum atomic E-state index is 10.3. The summed E-state index contributed by atoms with van der Waals surface area (Å²) in [6.45, 7) is 4.86. The molecule has 0 aromatic carbocycles. The third-order valence-corrected chi connectivity index (χ3v) is 3.75. The molecular weight excluding hydrogens is 240 g/mol. The SMILES string of the molecule is CCc1nnc(C)cc1C(O)CCCC1CCCO1. The highest BCUT2D eigenvalue weighted by Gasteiger charge is 2.17. The molecule has 4 nitrogen and oxygen atoms in total. The first-order valence-electron chi connectivity index (χ1n) is 7.33. The molecule has 0 aliphatic carbocycles. The number of rotatable bonds is 6. The van der Waals surface area contributed by atoms with Crippen LogP contribution in [0.1, 0.15) is 62.1 Å². The van der Waals surface area contributed by atoms with Gasteiger partial charge in [0.15, 0.2) is 0 Å². The van der Waals surface area contributed by atoms with Crippen LogP contribution in [0.15, 0.2) is 6.07 Å². The van der Waals surface area contributed by atoms with Crippen LogP contribution < -0.4 is 0 Å². The lowest BCUT2D eigenvalue weighted by molar-refractivity contribution is 0.0943. The zero-order chi connectivity index (χ0) is 13.7. The van der Waals surface area contributed by atoms with E-state index in [1.165, 1.54) is 12.8 Å². The minimum absolute atomic E-state index is 0.412. The monoisotopic (exact) mass is 264 g/mol. The van der Waals surface area contributed by atoms with Crippen molar-refractivity contribution in [2.75, 3.05) is 6.61 Å². The van der Waals surface area contributed by atoms with Gasteiger partial charge in [0.05, 0.1) is 23.6 Å². The third-order valence-electron chi connectivity index (χ3n) is 3.75. The van der Waals surface area contributed by atoms with E-state index >= 15 is 0 Å². The van der Waals surface area contributed by atoms with Crippen LogP contribution in [-0.4, -0.2) is 28.0 Å². The Balaban J connectivity index is 1.87. The molecule has 1 aromatic heterocycles. The summed E-state index contributed by atoms with van der Waals surface area (Å²) >= 11 is 0. The fourth-order valence-corrected chi connectivity index (χ4v) is 2.66. The lowest BCUT2D eigenvalue weighted by atomic mass is 9.99. The summed E-state index contributed by atoms with van der Waals surface area (Å²) in [4.78, 5) is 0. The van der Waals surface area contributed by atoms with Crippen molar-refractivity contribution in [2.24, 2.45) is 0 Å². The van der Waals surface area contributed by atoms with Gasteiger partial charge in [-0.15, -0.1) is 0 Å². The molecule has 2 heterocycles. The Bertz CT molecular complexity index is 403. The standard InChI is InChI=1S/C15H24N2O2/c1-3-14-13(10-11(2)16-17-14)15(18)8-4-6-12-7-5-9-19-12/h10,12,15,18H,3-9H2,1-2H3. The number of ether oxygens (including phenoxy) is 1. The number of nitrogens with zero attached hydrogens (tertiary/aromatic N) is 2. The smallest absolute Gasteiger partial charge is 0.0809 e. The molecule has 0 spiro atoms. The fraction of sp³-hybridized carbons (Fsp3) is 0.733. The average Bonchev–Trinajstić information content (AvgIpc) is 2.91. The molecule has 1 aromatic rings. The van der Waals surface area contributed by atoms with Crippen molar-refractivity contribution in [3.8, 4) is 0 Å². The summed E-state index contributed by atoms with van der Waals surface area (Å²) in [7, 11) is 0. The molecule has 2 atom stereocenters. The molecule has 4 heteroatoms. The summed E-state index contributed by atoms with van der Waals surface area (Å²) in [6.07, 6.45) is 5.98. The van der Waals surface area contributed by atoms with Gasteiger partial charge in [-0.1, -0.05) is 6.92 Å². The number of aromatic nitrogens is 2. The second-order valence-electron chi connectivity index (χ2n) is 5.32. The summed E-state index contributed by atoms with van der Waals surface area (Å²) in [5.41, 5.74) is 2.72. The van der Waals surface area contributed by atoms with E-state index < -0.39 is 6.10 Å².